The summed E-state index contributed by atoms with van der Waals surface area (Å²) in [6, 6.07) is 10.1. The Hall–Kier alpha value is -3.10. The monoisotopic (exact) mass is 488 g/mol. The van der Waals surface area contributed by atoms with Crippen LogP contribution >= 0.6 is 23.8 Å². The Labute approximate surface area is 203 Å². The third-order valence-electron chi connectivity index (χ3n) is 4.96. The lowest BCUT2D eigenvalue weighted by Crippen LogP contribution is -2.54. The number of carbonyl (C=O) groups is 2. The highest BCUT2D eigenvalue weighted by molar-refractivity contribution is 7.80. The summed E-state index contributed by atoms with van der Waals surface area (Å²) in [6.07, 6.45) is 2.18. The van der Waals surface area contributed by atoms with Crippen molar-refractivity contribution < 1.29 is 23.8 Å². The molecule has 1 unspecified atom stereocenters. The fourth-order valence-electron chi connectivity index (χ4n) is 3.14. The molecular formula is C24H25ClN2O5S. The number of amides is 2. The van der Waals surface area contributed by atoms with Crippen molar-refractivity contribution >= 4 is 52.5 Å². The van der Waals surface area contributed by atoms with Crippen molar-refractivity contribution in [1.82, 2.24) is 5.32 Å². The first kappa shape index (κ1) is 24.5. The quantitative estimate of drug-likeness (QED) is 0.328. The van der Waals surface area contributed by atoms with E-state index in [1.54, 1.807) is 36.4 Å². The molecule has 1 aliphatic rings. The molecule has 0 spiro atoms. The van der Waals surface area contributed by atoms with Gasteiger partial charge in [-0.15, -0.1) is 0 Å². The van der Waals surface area contributed by atoms with Gasteiger partial charge in [-0.3, -0.25) is 19.8 Å². The van der Waals surface area contributed by atoms with Crippen LogP contribution in [0.25, 0.3) is 6.08 Å². The molecule has 2 aromatic carbocycles. The predicted molar refractivity (Wildman–Crippen MR) is 132 cm³/mol. The number of hydrogen-bond acceptors (Lipinski definition) is 6. The van der Waals surface area contributed by atoms with Crippen molar-refractivity contribution in [2.75, 3.05) is 18.6 Å². The van der Waals surface area contributed by atoms with Gasteiger partial charge in [0, 0.05) is 0 Å². The molecule has 1 heterocycles. The molecule has 1 N–H and O–H groups in total. The third kappa shape index (κ3) is 5.46. The molecule has 0 saturated carbocycles. The van der Waals surface area contributed by atoms with Crippen LogP contribution in [0.3, 0.4) is 0 Å². The van der Waals surface area contributed by atoms with Crippen molar-refractivity contribution in [2.45, 2.75) is 33.3 Å². The minimum Gasteiger partial charge on any atom is -0.494 e. The molecule has 0 bridgehead atoms. The van der Waals surface area contributed by atoms with Crippen LogP contribution < -0.4 is 24.4 Å². The molecule has 9 heteroatoms. The lowest BCUT2D eigenvalue weighted by atomic mass is 10.1. The molecule has 1 saturated heterocycles. The number of halogens is 1. The second kappa shape index (κ2) is 10.7. The molecule has 174 valence electrons. The molecule has 3 rings (SSSR count). The fraction of sp³-hybridized carbons (Fsp3) is 0.292. The normalized spacial score (nSPS) is 16.0. The van der Waals surface area contributed by atoms with E-state index in [4.69, 9.17) is 38.0 Å². The van der Waals surface area contributed by atoms with Gasteiger partial charge in [0.2, 0.25) is 0 Å². The summed E-state index contributed by atoms with van der Waals surface area (Å²) in [5, 5.41) is 2.87. The van der Waals surface area contributed by atoms with Crippen molar-refractivity contribution in [2.24, 2.45) is 0 Å². The molecular weight excluding hydrogens is 464 g/mol. The summed E-state index contributed by atoms with van der Waals surface area (Å²) in [6.45, 7) is 6.33. The van der Waals surface area contributed by atoms with Crippen LogP contribution in [0.4, 0.5) is 5.69 Å². The first-order chi connectivity index (χ1) is 15.8. The summed E-state index contributed by atoms with van der Waals surface area (Å²) < 4.78 is 16.7. The Balaban J connectivity index is 1.96. The largest absolute Gasteiger partial charge is 0.494 e. The lowest BCUT2D eigenvalue weighted by molar-refractivity contribution is -0.122. The maximum absolute atomic E-state index is 13.2. The summed E-state index contributed by atoms with van der Waals surface area (Å²) in [4.78, 5) is 27.1. The number of ether oxygens (including phenoxy) is 3. The Kier molecular flexibility index (Phi) is 7.94. The summed E-state index contributed by atoms with van der Waals surface area (Å²) in [7, 11) is 1.50. The second-order valence-corrected chi connectivity index (χ2v) is 8.05. The van der Waals surface area contributed by atoms with E-state index in [0.717, 1.165) is 6.42 Å². The number of anilines is 1. The Bertz CT molecular complexity index is 1100. The lowest BCUT2D eigenvalue weighted by Gasteiger charge is -2.29. The van der Waals surface area contributed by atoms with E-state index in [-0.39, 0.29) is 16.8 Å². The summed E-state index contributed by atoms with van der Waals surface area (Å²) in [5.41, 5.74) is 0.921. The number of rotatable bonds is 8. The SMILES string of the molecule is CCOc1ccc(N2C(=O)C(=Cc3cc(Cl)c(OC(C)CC)c(OC)c3)C(=O)NC2=S)cc1. The van der Waals surface area contributed by atoms with Gasteiger partial charge in [-0.1, -0.05) is 18.5 Å². The highest BCUT2D eigenvalue weighted by Crippen LogP contribution is 2.38. The van der Waals surface area contributed by atoms with Crippen LogP contribution in [0.5, 0.6) is 17.2 Å². The van der Waals surface area contributed by atoms with E-state index in [1.165, 1.54) is 18.1 Å². The number of benzene rings is 2. The van der Waals surface area contributed by atoms with Crippen LogP contribution in [0.15, 0.2) is 42.0 Å². The molecule has 1 aliphatic heterocycles. The number of nitrogens with zero attached hydrogens (tertiary/aromatic N) is 1. The zero-order valence-corrected chi connectivity index (χ0v) is 20.4. The van der Waals surface area contributed by atoms with Gasteiger partial charge in [0.25, 0.3) is 11.8 Å². The summed E-state index contributed by atoms with van der Waals surface area (Å²) in [5.74, 6) is 0.326. The maximum Gasteiger partial charge on any atom is 0.270 e. The minimum atomic E-state index is -0.595. The van der Waals surface area contributed by atoms with Gasteiger partial charge in [-0.25, -0.2) is 0 Å². The zero-order chi connectivity index (χ0) is 24.1. The molecule has 1 fully saturated rings. The van der Waals surface area contributed by atoms with Gasteiger partial charge >= 0.3 is 0 Å². The first-order valence-corrected chi connectivity index (χ1v) is 11.3. The third-order valence-corrected chi connectivity index (χ3v) is 5.53. The maximum atomic E-state index is 13.2. The van der Waals surface area contributed by atoms with Crippen LogP contribution in [-0.2, 0) is 9.59 Å². The second-order valence-electron chi connectivity index (χ2n) is 7.26. The molecule has 0 radical (unpaired) electrons. The van der Waals surface area contributed by atoms with Crippen molar-refractivity contribution in [3.8, 4) is 17.2 Å². The standard InChI is InChI=1S/C24H25ClN2O5S/c1-5-14(3)32-21-19(25)12-15(13-20(21)30-4)11-18-22(28)26-24(33)27(23(18)29)16-7-9-17(10-8-16)31-6-2/h7-14H,5-6H2,1-4H3,(H,26,28,33). The molecule has 2 amide bonds. The average Bonchev–Trinajstić information content (AvgIpc) is 2.79. The van der Waals surface area contributed by atoms with Gasteiger partial charge in [0.15, 0.2) is 16.6 Å². The van der Waals surface area contributed by atoms with E-state index >= 15 is 0 Å². The number of thiocarbonyl (C=S) groups is 1. The van der Waals surface area contributed by atoms with Crippen LogP contribution in [0.1, 0.15) is 32.8 Å². The Morgan fingerprint density at radius 1 is 1.18 bits per heavy atom. The molecule has 2 aromatic rings. The van der Waals surface area contributed by atoms with E-state index in [1.807, 2.05) is 20.8 Å². The van der Waals surface area contributed by atoms with Crippen molar-refractivity contribution in [1.29, 1.82) is 0 Å². The number of nitrogens with one attached hydrogen (secondary N) is 1. The first-order valence-electron chi connectivity index (χ1n) is 10.5. The molecule has 0 aromatic heterocycles. The molecule has 7 nitrogen and oxygen atoms in total. The smallest absolute Gasteiger partial charge is 0.270 e. The van der Waals surface area contributed by atoms with Gasteiger partial charge in [0.05, 0.1) is 30.5 Å². The van der Waals surface area contributed by atoms with Crippen molar-refractivity contribution in [3.05, 3.63) is 52.6 Å². The molecule has 33 heavy (non-hydrogen) atoms. The number of hydrogen-bond donors (Lipinski definition) is 1. The zero-order valence-electron chi connectivity index (χ0n) is 18.8. The highest BCUT2D eigenvalue weighted by Gasteiger charge is 2.34. The Morgan fingerprint density at radius 2 is 1.88 bits per heavy atom. The Morgan fingerprint density at radius 3 is 2.48 bits per heavy atom. The highest BCUT2D eigenvalue weighted by atomic mass is 35.5. The fourth-order valence-corrected chi connectivity index (χ4v) is 3.68. The van der Waals surface area contributed by atoms with Gasteiger partial charge < -0.3 is 14.2 Å². The molecule has 1 atom stereocenters. The van der Waals surface area contributed by atoms with E-state index < -0.39 is 11.8 Å². The van der Waals surface area contributed by atoms with E-state index in [0.29, 0.717) is 40.1 Å². The molecule has 0 aliphatic carbocycles. The predicted octanol–water partition coefficient (Wildman–Crippen LogP) is 4.76. The minimum absolute atomic E-state index is 0.000719. The van der Waals surface area contributed by atoms with Crippen LogP contribution in [-0.4, -0.2) is 36.7 Å². The summed E-state index contributed by atoms with van der Waals surface area (Å²) >= 11 is 11.7. The van der Waals surface area contributed by atoms with Crippen molar-refractivity contribution in [3.63, 3.8) is 0 Å². The van der Waals surface area contributed by atoms with Gasteiger partial charge in [-0.05, 0) is 80.5 Å². The number of carbonyl (C=O) groups excluding carboxylic acids is 2. The van der Waals surface area contributed by atoms with Crippen LogP contribution in [0, 0.1) is 0 Å². The van der Waals surface area contributed by atoms with Gasteiger partial charge in [-0.2, -0.15) is 0 Å². The van der Waals surface area contributed by atoms with E-state index in [9.17, 15) is 9.59 Å². The van der Waals surface area contributed by atoms with E-state index in [2.05, 4.69) is 5.32 Å². The topological polar surface area (TPSA) is 77.1 Å². The van der Waals surface area contributed by atoms with Crippen LogP contribution in [0.2, 0.25) is 5.02 Å². The van der Waals surface area contributed by atoms with Gasteiger partial charge in [0.1, 0.15) is 11.3 Å². The average molecular weight is 489 g/mol. The number of methoxy groups -OCH3 is 1.